The lowest BCUT2D eigenvalue weighted by Crippen LogP contribution is -1.84. The molecule has 0 aliphatic heterocycles. The van der Waals surface area contributed by atoms with Crippen LogP contribution in [0.4, 0.5) is 8.78 Å². The molecule has 1 nitrogen and oxygen atoms in total. The van der Waals surface area contributed by atoms with E-state index in [1.54, 1.807) is 0 Å². The summed E-state index contributed by atoms with van der Waals surface area (Å²) in [5.74, 6) is -0.0404. The van der Waals surface area contributed by atoms with E-state index in [9.17, 15) is 8.78 Å². The molecule has 0 fully saturated rings. The fourth-order valence-electron chi connectivity index (χ4n) is 1.21. The Morgan fingerprint density at radius 1 is 1.23 bits per heavy atom. The van der Waals surface area contributed by atoms with Crippen molar-refractivity contribution >= 4 is 21.4 Å². The van der Waals surface area contributed by atoms with E-state index in [1.165, 1.54) is 25.3 Å². The van der Waals surface area contributed by atoms with E-state index in [2.05, 4.69) is 0 Å². The summed E-state index contributed by atoms with van der Waals surface area (Å²) in [6.45, 7) is 0. The third-order valence-electron chi connectivity index (χ3n) is 1.75. The molecule has 0 saturated heterocycles. The van der Waals surface area contributed by atoms with E-state index in [0.717, 1.165) is 11.3 Å². The highest BCUT2D eigenvalue weighted by Gasteiger charge is 2.08. The maximum absolute atomic E-state index is 12.9. The van der Waals surface area contributed by atoms with Crippen molar-refractivity contribution < 1.29 is 13.5 Å². The molecule has 0 atom stereocenters. The minimum absolute atomic E-state index is 0.334. The summed E-state index contributed by atoms with van der Waals surface area (Å²) in [4.78, 5) is 0. The third-order valence-corrected chi connectivity index (χ3v) is 2.62. The first kappa shape index (κ1) is 8.44. The van der Waals surface area contributed by atoms with Gasteiger partial charge in [-0.1, -0.05) is 0 Å². The highest BCUT2D eigenvalue weighted by Crippen LogP contribution is 2.32. The molecule has 4 heteroatoms. The van der Waals surface area contributed by atoms with Crippen molar-refractivity contribution in [3.05, 3.63) is 29.1 Å². The summed E-state index contributed by atoms with van der Waals surface area (Å²) >= 11 is 0.909. The molecule has 0 aliphatic rings. The smallest absolute Gasteiger partial charge is 0.177 e. The molecule has 68 valence electrons. The number of fused-ring (bicyclic) bond motifs is 1. The molecule has 0 aliphatic carbocycles. The molecule has 0 N–H and O–H groups in total. The van der Waals surface area contributed by atoms with Crippen LogP contribution in [0.15, 0.2) is 18.2 Å². The van der Waals surface area contributed by atoms with Crippen molar-refractivity contribution in [1.82, 2.24) is 0 Å². The van der Waals surface area contributed by atoms with Gasteiger partial charge in [0, 0.05) is 16.2 Å². The fraction of sp³-hybridized carbons (Fsp3) is 0.111. The van der Waals surface area contributed by atoms with Crippen molar-refractivity contribution in [1.29, 1.82) is 0 Å². The van der Waals surface area contributed by atoms with Crippen LogP contribution in [0, 0.1) is 10.9 Å². The number of methoxy groups -OCH3 is 1. The standard InChI is InChI=1S/C9H6F2OS/c1-12-7-2-5(10)3-8-6(7)4-9(11)13-8/h2-4H,1H3. The first-order valence-corrected chi connectivity index (χ1v) is 4.45. The molecular weight excluding hydrogens is 194 g/mol. The molecule has 1 aromatic carbocycles. The molecule has 0 saturated carbocycles. The maximum atomic E-state index is 12.9. The second kappa shape index (κ2) is 2.96. The molecule has 2 rings (SSSR count). The lowest BCUT2D eigenvalue weighted by Gasteiger charge is -2.00. The molecule has 0 radical (unpaired) electrons. The Labute approximate surface area is 77.6 Å². The Hall–Kier alpha value is -1.16. The van der Waals surface area contributed by atoms with Crippen LogP contribution in [0.3, 0.4) is 0 Å². The maximum Gasteiger partial charge on any atom is 0.177 e. The van der Waals surface area contributed by atoms with Gasteiger partial charge in [-0.2, -0.15) is 4.39 Å². The van der Waals surface area contributed by atoms with E-state index in [0.29, 0.717) is 15.8 Å². The summed E-state index contributed by atoms with van der Waals surface area (Å²) < 4.78 is 31.2. The minimum atomic E-state index is -0.411. The Balaban J connectivity index is 2.80. The van der Waals surface area contributed by atoms with E-state index in [-0.39, 0.29) is 5.13 Å². The normalized spacial score (nSPS) is 10.7. The van der Waals surface area contributed by atoms with Gasteiger partial charge in [0.05, 0.1) is 7.11 Å². The largest absolute Gasteiger partial charge is 0.496 e. The highest BCUT2D eigenvalue weighted by atomic mass is 32.1. The SMILES string of the molecule is COc1cc(F)cc2sc(F)cc12. The summed E-state index contributed by atoms with van der Waals surface area (Å²) in [6, 6.07) is 3.89. The molecule has 0 bridgehead atoms. The van der Waals surface area contributed by atoms with Crippen LogP contribution in [0.1, 0.15) is 0 Å². The Kier molecular flexibility index (Phi) is 1.92. The van der Waals surface area contributed by atoms with E-state index in [1.807, 2.05) is 0 Å². The van der Waals surface area contributed by atoms with Gasteiger partial charge in [-0.15, -0.1) is 11.3 Å². The summed E-state index contributed by atoms with van der Waals surface area (Å²) in [7, 11) is 1.43. The molecule has 0 spiro atoms. The fourth-order valence-corrected chi connectivity index (χ4v) is 2.04. The van der Waals surface area contributed by atoms with Crippen molar-refractivity contribution in [2.75, 3.05) is 7.11 Å². The summed E-state index contributed by atoms with van der Waals surface area (Å²) in [5, 5.41) is 0.283. The molecule has 0 amide bonds. The predicted molar refractivity (Wildman–Crippen MR) is 48.3 cm³/mol. The van der Waals surface area contributed by atoms with E-state index < -0.39 is 5.82 Å². The molecule has 0 unspecified atom stereocenters. The monoisotopic (exact) mass is 200 g/mol. The zero-order valence-corrected chi connectivity index (χ0v) is 7.62. The molecule has 1 heterocycles. The average molecular weight is 200 g/mol. The summed E-state index contributed by atoms with van der Waals surface area (Å²) in [5.41, 5.74) is 0. The molecule has 1 aromatic heterocycles. The van der Waals surface area contributed by atoms with Crippen molar-refractivity contribution in [3.63, 3.8) is 0 Å². The number of halogens is 2. The van der Waals surface area contributed by atoms with Crippen LogP contribution in [-0.4, -0.2) is 7.11 Å². The van der Waals surface area contributed by atoms with Gasteiger partial charge >= 0.3 is 0 Å². The molecular formula is C9H6F2OS. The second-order valence-corrected chi connectivity index (χ2v) is 3.60. The quantitative estimate of drug-likeness (QED) is 0.687. The summed E-state index contributed by atoms with van der Waals surface area (Å²) in [6.07, 6.45) is 0. The lowest BCUT2D eigenvalue weighted by atomic mass is 10.2. The van der Waals surface area contributed by atoms with Gasteiger partial charge < -0.3 is 4.74 Å². The minimum Gasteiger partial charge on any atom is -0.496 e. The van der Waals surface area contributed by atoms with Gasteiger partial charge in [-0.05, 0) is 12.1 Å². The number of thiophene rings is 1. The first-order chi connectivity index (χ1) is 6.20. The van der Waals surface area contributed by atoms with Gasteiger partial charge in [0.15, 0.2) is 5.13 Å². The lowest BCUT2D eigenvalue weighted by molar-refractivity contribution is 0.416. The van der Waals surface area contributed by atoms with Gasteiger partial charge in [0.25, 0.3) is 0 Å². The van der Waals surface area contributed by atoms with Crippen molar-refractivity contribution in [2.24, 2.45) is 0 Å². The number of rotatable bonds is 1. The van der Waals surface area contributed by atoms with Crippen LogP contribution < -0.4 is 4.74 Å². The Morgan fingerprint density at radius 2 is 2.00 bits per heavy atom. The number of ether oxygens (including phenoxy) is 1. The van der Waals surface area contributed by atoms with Gasteiger partial charge in [0.2, 0.25) is 0 Å². The predicted octanol–water partition coefficient (Wildman–Crippen LogP) is 3.19. The van der Waals surface area contributed by atoms with Gasteiger partial charge in [-0.3, -0.25) is 0 Å². The van der Waals surface area contributed by atoms with Crippen molar-refractivity contribution in [3.8, 4) is 5.75 Å². The zero-order valence-electron chi connectivity index (χ0n) is 6.80. The van der Waals surface area contributed by atoms with Gasteiger partial charge in [0.1, 0.15) is 11.6 Å². The van der Waals surface area contributed by atoms with Crippen LogP contribution in [0.5, 0.6) is 5.75 Å². The molecule has 13 heavy (non-hydrogen) atoms. The third kappa shape index (κ3) is 1.37. The second-order valence-electron chi connectivity index (χ2n) is 2.57. The van der Waals surface area contributed by atoms with Crippen LogP contribution in [0.2, 0.25) is 0 Å². The topological polar surface area (TPSA) is 9.23 Å². The Bertz CT molecular complexity index is 450. The van der Waals surface area contributed by atoms with Crippen LogP contribution in [-0.2, 0) is 0 Å². The van der Waals surface area contributed by atoms with E-state index in [4.69, 9.17) is 4.74 Å². The number of benzene rings is 1. The van der Waals surface area contributed by atoms with Crippen LogP contribution in [0.25, 0.3) is 10.1 Å². The van der Waals surface area contributed by atoms with Crippen LogP contribution >= 0.6 is 11.3 Å². The van der Waals surface area contributed by atoms with Crippen molar-refractivity contribution in [2.45, 2.75) is 0 Å². The average Bonchev–Trinajstić information content (AvgIpc) is 2.43. The number of hydrogen-bond acceptors (Lipinski definition) is 2. The first-order valence-electron chi connectivity index (χ1n) is 3.63. The van der Waals surface area contributed by atoms with E-state index >= 15 is 0 Å². The Morgan fingerprint density at radius 3 is 2.69 bits per heavy atom. The zero-order chi connectivity index (χ0) is 9.42. The van der Waals surface area contributed by atoms with Gasteiger partial charge in [-0.25, -0.2) is 4.39 Å². The molecule has 2 aromatic rings. The number of hydrogen-bond donors (Lipinski definition) is 0. The highest BCUT2D eigenvalue weighted by molar-refractivity contribution is 7.17.